The Morgan fingerprint density at radius 1 is 1.12 bits per heavy atom. The number of aliphatic hydroxyl groups is 1. The third-order valence-corrected chi connectivity index (χ3v) is 8.86. The molecule has 0 radical (unpaired) electrons. The van der Waals surface area contributed by atoms with Crippen LogP contribution in [0, 0.1) is 18.6 Å². The standard InChI is InChI=1S/C36H29ClF4N4O5/c1-18-8-19-9-20(10-27(30(19)43-14-18)49-15-29(40)41)33(46)44-16-36(48,21-6-4-3-5-7-21)28-12-23-32(50-17-35(23,2)34(42)47)31(45-28)22-11-24(37)26(39)13-25(22)38/h3-14,29,48H,15-17H2,1-2H3,(H2,42,47)(H,44,46)/t35-,36+/m0/s1. The summed E-state index contributed by atoms with van der Waals surface area (Å²) >= 11 is 6.02. The van der Waals surface area contributed by atoms with E-state index in [0.29, 0.717) is 11.5 Å². The molecule has 2 aromatic heterocycles. The number of amides is 2. The number of rotatable bonds is 10. The number of aryl methyl sites for hydroxylation is 1. The number of hydrogen-bond donors (Lipinski definition) is 3. The van der Waals surface area contributed by atoms with Crippen molar-refractivity contribution in [3.63, 3.8) is 0 Å². The highest BCUT2D eigenvalue weighted by Gasteiger charge is 2.46. The maximum atomic E-state index is 15.3. The molecule has 0 bridgehead atoms. The molecule has 0 unspecified atom stereocenters. The molecule has 0 spiro atoms. The molecule has 2 amide bonds. The highest BCUT2D eigenvalue weighted by Crippen LogP contribution is 2.47. The molecule has 0 aliphatic carbocycles. The second-order valence-corrected chi connectivity index (χ2v) is 12.5. The zero-order valence-corrected chi connectivity index (χ0v) is 27.3. The predicted molar refractivity (Wildman–Crippen MR) is 176 cm³/mol. The second-order valence-electron chi connectivity index (χ2n) is 12.1. The lowest BCUT2D eigenvalue weighted by Gasteiger charge is -2.30. The summed E-state index contributed by atoms with van der Waals surface area (Å²) in [6.45, 7) is 1.59. The molecule has 9 nitrogen and oxygen atoms in total. The summed E-state index contributed by atoms with van der Waals surface area (Å²) in [7, 11) is 0. The van der Waals surface area contributed by atoms with E-state index in [1.54, 1.807) is 43.3 Å². The number of nitrogens with two attached hydrogens (primary N) is 1. The van der Waals surface area contributed by atoms with Crippen molar-refractivity contribution in [2.75, 3.05) is 19.8 Å². The van der Waals surface area contributed by atoms with Crippen LogP contribution < -0.4 is 20.5 Å². The Hall–Kier alpha value is -5.27. The maximum Gasteiger partial charge on any atom is 0.272 e. The summed E-state index contributed by atoms with van der Waals surface area (Å²) in [5.74, 6) is -3.62. The van der Waals surface area contributed by atoms with Crippen LogP contribution in [0.5, 0.6) is 11.5 Å². The van der Waals surface area contributed by atoms with Crippen LogP contribution in [0.15, 0.2) is 72.9 Å². The maximum absolute atomic E-state index is 15.3. The van der Waals surface area contributed by atoms with E-state index in [9.17, 15) is 27.9 Å². The van der Waals surface area contributed by atoms with Gasteiger partial charge in [-0.25, -0.2) is 22.5 Å². The van der Waals surface area contributed by atoms with Crippen LogP contribution in [0.4, 0.5) is 17.6 Å². The van der Waals surface area contributed by atoms with Gasteiger partial charge in [0.05, 0.1) is 17.3 Å². The number of nitrogens with one attached hydrogen (secondary N) is 1. The van der Waals surface area contributed by atoms with Crippen molar-refractivity contribution in [1.29, 1.82) is 0 Å². The van der Waals surface area contributed by atoms with Crippen LogP contribution in [0.1, 0.15) is 39.7 Å². The van der Waals surface area contributed by atoms with Crippen molar-refractivity contribution < 1.29 is 41.7 Å². The molecule has 4 N–H and O–H groups in total. The fourth-order valence-electron chi connectivity index (χ4n) is 5.77. The number of fused-ring (bicyclic) bond motifs is 2. The van der Waals surface area contributed by atoms with Gasteiger partial charge in [-0.05, 0) is 55.3 Å². The van der Waals surface area contributed by atoms with Gasteiger partial charge in [-0.2, -0.15) is 0 Å². The second kappa shape index (κ2) is 13.2. The van der Waals surface area contributed by atoms with E-state index in [1.165, 1.54) is 31.3 Å². The fourth-order valence-corrected chi connectivity index (χ4v) is 5.93. The molecular formula is C36H29ClF4N4O5. The van der Waals surface area contributed by atoms with Crippen molar-refractivity contribution in [1.82, 2.24) is 15.3 Å². The predicted octanol–water partition coefficient (Wildman–Crippen LogP) is 5.98. The van der Waals surface area contributed by atoms with Gasteiger partial charge in [0.1, 0.15) is 58.6 Å². The number of hydrogen-bond acceptors (Lipinski definition) is 7. The number of nitrogens with zero attached hydrogens (tertiary/aromatic N) is 2. The van der Waals surface area contributed by atoms with Gasteiger partial charge in [-0.15, -0.1) is 0 Å². The summed E-state index contributed by atoms with van der Waals surface area (Å²) in [5.41, 5.74) is 3.03. The number of alkyl halides is 2. The van der Waals surface area contributed by atoms with E-state index in [1.807, 2.05) is 0 Å². The summed E-state index contributed by atoms with van der Waals surface area (Å²) in [5, 5.41) is 15.2. The van der Waals surface area contributed by atoms with Crippen molar-refractivity contribution in [2.45, 2.75) is 31.3 Å². The highest BCUT2D eigenvalue weighted by molar-refractivity contribution is 6.31. The van der Waals surface area contributed by atoms with E-state index < -0.39 is 59.1 Å². The van der Waals surface area contributed by atoms with E-state index in [-0.39, 0.29) is 57.3 Å². The first kappa shape index (κ1) is 34.6. The lowest BCUT2D eigenvalue weighted by molar-refractivity contribution is -0.123. The Kier molecular flexibility index (Phi) is 9.14. The van der Waals surface area contributed by atoms with E-state index in [0.717, 1.165) is 11.6 Å². The first-order valence-electron chi connectivity index (χ1n) is 15.2. The summed E-state index contributed by atoms with van der Waals surface area (Å²) < 4.78 is 66.7. The van der Waals surface area contributed by atoms with Gasteiger partial charge in [0.15, 0.2) is 0 Å². The lowest BCUT2D eigenvalue weighted by atomic mass is 9.80. The molecular weight excluding hydrogens is 680 g/mol. The number of halogens is 5. The Balaban J connectivity index is 1.47. The Morgan fingerprint density at radius 3 is 2.56 bits per heavy atom. The van der Waals surface area contributed by atoms with Crippen LogP contribution in [0.3, 0.4) is 0 Å². The molecule has 1 aliphatic heterocycles. The minimum absolute atomic E-state index is 0.0184. The molecule has 3 heterocycles. The molecule has 0 saturated carbocycles. The van der Waals surface area contributed by atoms with Gasteiger partial charge in [0.25, 0.3) is 12.3 Å². The number of aromatic nitrogens is 2. The van der Waals surface area contributed by atoms with Gasteiger partial charge in [0, 0.05) is 34.3 Å². The first-order chi connectivity index (χ1) is 23.7. The zero-order chi connectivity index (χ0) is 36.0. The van der Waals surface area contributed by atoms with Crippen LogP contribution in [-0.4, -0.2) is 53.1 Å². The van der Waals surface area contributed by atoms with E-state index in [4.69, 9.17) is 26.8 Å². The Bertz CT molecular complexity index is 2160. The molecule has 14 heteroatoms. The van der Waals surface area contributed by atoms with Crippen LogP contribution in [0.25, 0.3) is 22.2 Å². The Morgan fingerprint density at radius 2 is 1.86 bits per heavy atom. The molecule has 3 aromatic carbocycles. The van der Waals surface area contributed by atoms with Gasteiger partial charge in [-0.1, -0.05) is 41.9 Å². The SMILES string of the molecule is Cc1cnc2c(OCC(F)F)cc(C(=O)NC[C@@](O)(c3ccccc3)c3cc4c(c(-c5cc(Cl)c(F)cc5F)n3)OC[C@]4(C)C(N)=O)cc2c1. The number of carbonyl (C=O) groups is 2. The van der Waals surface area contributed by atoms with Crippen molar-refractivity contribution >= 4 is 34.3 Å². The molecule has 2 atom stereocenters. The smallest absolute Gasteiger partial charge is 0.272 e. The average molecular weight is 709 g/mol. The largest absolute Gasteiger partial charge is 0.489 e. The molecule has 50 heavy (non-hydrogen) atoms. The van der Waals surface area contributed by atoms with Gasteiger partial charge in [-0.3, -0.25) is 14.6 Å². The topological polar surface area (TPSA) is 137 Å². The monoisotopic (exact) mass is 708 g/mol. The highest BCUT2D eigenvalue weighted by atomic mass is 35.5. The number of pyridine rings is 2. The van der Waals surface area contributed by atoms with Crippen LogP contribution in [0.2, 0.25) is 5.02 Å². The van der Waals surface area contributed by atoms with Gasteiger partial charge < -0.3 is 25.6 Å². The first-order valence-corrected chi connectivity index (χ1v) is 15.6. The summed E-state index contributed by atoms with van der Waals surface area (Å²) in [6, 6.07) is 15.6. The molecule has 0 fully saturated rings. The fraction of sp³-hybridized carbons (Fsp3) is 0.222. The van der Waals surface area contributed by atoms with Crippen molar-refractivity contribution in [2.24, 2.45) is 5.73 Å². The van der Waals surface area contributed by atoms with Crippen LogP contribution in [-0.2, 0) is 15.8 Å². The minimum Gasteiger partial charge on any atom is -0.489 e. The third-order valence-electron chi connectivity index (χ3n) is 8.57. The number of ether oxygens (including phenoxy) is 2. The van der Waals surface area contributed by atoms with Gasteiger partial charge >= 0.3 is 0 Å². The molecule has 0 saturated heterocycles. The third kappa shape index (κ3) is 6.29. The van der Waals surface area contributed by atoms with E-state index >= 15 is 4.39 Å². The number of primary amides is 1. The minimum atomic E-state index is -2.78. The molecule has 1 aliphatic rings. The van der Waals surface area contributed by atoms with E-state index in [2.05, 4.69) is 15.3 Å². The average Bonchev–Trinajstić information content (AvgIpc) is 3.44. The molecule has 5 aromatic rings. The normalized spacial score (nSPS) is 16.5. The van der Waals surface area contributed by atoms with Gasteiger partial charge in [0.2, 0.25) is 5.91 Å². The zero-order valence-electron chi connectivity index (χ0n) is 26.6. The summed E-state index contributed by atoms with van der Waals surface area (Å²) in [4.78, 5) is 35.3. The lowest BCUT2D eigenvalue weighted by Crippen LogP contribution is -2.43. The Labute approximate surface area is 288 Å². The molecule has 258 valence electrons. The van der Waals surface area contributed by atoms with Crippen molar-refractivity contribution in [3.8, 4) is 22.8 Å². The number of carbonyl (C=O) groups excluding carboxylic acids is 2. The van der Waals surface area contributed by atoms with Crippen molar-refractivity contribution in [3.05, 3.63) is 118 Å². The molecule has 6 rings (SSSR count). The summed E-state index contributed by atoms with van der Waals surface area (Å²) in [6.07, 6.45) is -1.24. The number of benzene rings is 3. The van der Waals surface area contributed by atoms with Crippen LogP contribution >= 0.6 is 11.6 Å². The quantitative estimate of drug-likeness (QED) is 0.120.